The lowest BCUT2D eigenvalue weighted by molar-refractivity contribution is -0.141. The van der Waals surface area contributed by atoms with Crippen molar-refractivity contribution in [1.82, 2.24) is 10.2 Å². The SMILES string of the molecule is CCOc1ccc(CCC(=O)N(Cc2ccc(F)cc2)[C@@H](Cc2ccccc2)C(=O)NC2CCCCC2)cc1OCC. The fourth-order valence-corrected chi connectivity index (χ4v) is 5.53. The lowest BCUT2D eigenvalue weighted by Crippen LogP contribution is -2.52. The van der Waals surface area contributed by atoms with Crippen molar-refractivity contribution in [2.75, 3.05) is 13.2 Å². The molecule has 1 saturated carbocycles. The molecule has 0 spiro atoms. The molecular formula is C35H43FN2O4. The Kier molecular flexibility index (Phi) is 11.8. The summed E-state index contributed by atoms with van der Waals surface area (Å²) in [5.41, 5.74) is 2.70. The smallest absolute Gasteiger partial charge is 0.243 e. The zero-order valence-electron chi connectivity index (χ0n) is 24.8. The second-order valence-electron chi connectivity index (χ2n) is 10.8. The van der Waals surface area contributed by atoms with Gasteiger partial charge in [0.1, 0.15) is 11.9 Å². The van der Waals surface area contributed by atoms with Crippen LogP contribution in [0.4, 0.5) is 4.39 Å². The molecule has 1 fully saturated rings. The Morgan fingerprint density at radius 2 is 1.52 bits per heavy atom. The van der Waals surface area contributed by atoms with Crippen molar-refractivity contribution in [3.63, 3.8) is 0 Å². The summed E-state index contributed by atoms with van der Waals surface area (Å²) in [4.78, 5) is 29.6. The lowest BCUT2D eigenvalue weighted by atomic mass is 9.94. The van der Waals surface area contributed by atoms with Gasteiger partial charge in [-0.2, -0.15) is 0 Å². The monoisotopic (exact) mass is 574 g/mol. The van der Waals surface area contributed by atoms with Crippen molar-refractivity contribution in [3.05, 3.63) is 95.3 Å². The summed E-state index contributed by atoms with van der Waals surface area (Å²) >= 11 is 0. The molecular weight excluding hydrogens is 531 g/mol. The number of carbonyl (C=O) groups is 2. The molecule has 2 amide bonds. The van der Waals surface area contributed by atoms with Crippen LogP contribution in [-0.2, 0) is 29.0 Å². The number of amides is 2. The van der Waals surface area contributed by atoms with Gasteiger partial charge in [0, 0.05) is 25.4 Å². The Morgan fingerprint density at radius 3 is 2.21 bits per heavy atom. The molecule has 1 aliphatic carbocycles. The number of carbonyl (C=O) groups excluding carboxylic acids is 2. The molecule has 3 aromatic rings. The zero-order chi connectivity index (χ0) is 29.7. The van der Waals surface area contributed by atoms with Gasteiger partial charge in [0.15, 0.2) is 11.5 Å². The molecule has 0 bridgehead atoms. The van der Waals surface area contributed by atoms with Crippen LogP contribution in [0.25, 0.3) is 0 Å². The third-order valence-corrected chi connectivity index (χ3v) is 7.72. The quantitative estimate of drug-likeness (QED) is 0.234. The van der Waals surface area contributed by atoms with Crippen LogP contribution in [0.2, 0.25) is 0 Å². The summed E-state index contributed by atoms with van der Waals surface area (Å²) < 4.78 is 25.2. The van der Waals surface area contributed by atoms with Crippen LogP contribution >= 0.6 is 0 Å². The molecule has 1 atom stereocenters. The second kappa shape index (κ2) is 15.9. The molecule has 224 valence electrons. The highest BCUT2D eigenvalue weighted by atomic mass is 19.1. The van der Waals surface area contributed by atoms with Gasteiger partial charge >= 0.3 is 0 Å². The lowest BCUT2D eigenvalue weighted by Gasteiger charge is -2.33. The van der Waals surface area contributed by atoms with Crippen molar-refractivity contribution in [2.45, 2.75) is 83.8 Å². The summed E-state index contributed by atoms with van der Waals surface area (Å²) in [7, 11) is 0. The Bertz CT molecular complexity index is 1280. The minimum atomic E-state index is -0.703. The first-order valence-corrected chi connectivity index (χ1v) is 15.2. The largest absolute Gasteiger partial charge is 0.490 e. The average Bonchev–Trinajstić information content (AvgIpc) is 3.01. The van der Waals surface area contributed by atoms with E-state index in [1.807, 2.05) is 62.4 Å². The molecule has 4 rings (SSSR count). The predicted molar refractivity (Wildman–Crippen MR) is 163 cm³/mol. The molecule has 0 aromatic heterocycles. The first-order chi connectivity index (χ1) is 20.5. The van der Waals surface area contributed by atoms with Gasteiger partial charge in [0.05, 0.1) is 13.2 Å². The molecule has 0 radical (unpaired) electrons. The van der Waals surface area contributed by atoms with Crippen molar-refractivity contribution < 1.29 is 23.5 Å². The van der Waals surface area contributed by atoms with E-state index in [-0.39, 0.29) is 36.6 Å². The van der Waals surface area contributed by atoms with E-state index < -0.39 is 6.04 Å². The van der Waals surface area contributed by atoms with E-state index in [1.165, 1.54) is 18.6 Å². The number of aryl methyl sites for hydroxylation is 1. The predicted octanol–water partition coefficient (Wildman–Crippen LogP) is 6.64. The zero-order valence-corrected chi connectivity index (χ0v) is 24.8. The highest BCUT2D eigenvalue weighted by molar-refractivity contribution is 5.88. The first-order valence-electron chi connectivity index (χ1n) is 15.2. The maximum atomic E-state index is 14.0. The van der Waals surface area contributed by atoms with Gasteiger partial charge in [-0.1, -0.05) is 67.8 Å². The molecule has 7 heteroatoms. The van der Waals surface area contributed by atoms with Gasteiger partial charge in [-0.05, 0) is 74.1 Å². The van der Waals surface area contributed by atoms with Crippen LogP contribution in [0.1, 0.15) is 69.1 Å². The number of rotatable bonds is 14. The number of hydrogen-bond donors (Lipinski definition) is 1. The molecule has 3 aromatic carbocycles. The Hall–Kier alpha value is -3.87. The van der Waals surface area contributed by atoms with Crippen molar-refractivity contribution in [2.24, 2.45) is 0 Å². The third kappa shape index (κ3) is 9.07. The van der Waals surface area contributed by atoms with Gasteiger partial charge in [-0.3, -0.25) is 9.59 Å². The molecule has 0 aliphatic heterocycles. The topological polar surface area (TPSA) is 67.9 Å². The fourth-order valence-electron chi connectivity index (χ4n) is 5.53. The van der Waals surface area contributed by atoms with E-state index in [9.17, 15) is 14.0 Å². The molecule has 42 heavy (non-hydrogen) atoms. The Labute approximate surface area is 249 Å². The van der Waals surface area contributed by atoms with E-state index in [0.717, 1.165) is 42.4 Å². The second-order valence-corrected chi connectivity index (χ2v) is 10.8. The molecule has 6 nitrogen and oxygen atoms in total. The summed E-state index contributed by atoms with van der Waals surface area (Å²) in [6.07, 6.45) is 6.37. The molecule has 0 heterocycles. The minimum absolute atomic E-state index is 0.119. The van der Waals surface area contributed by atoms with E-state index in [2.05, 4.69) is 5.32 Å². The highest BCUT2D eigenvalue weighted by Crippen LogP contribution is 2.29. The van der Waals surface area contributed by atoms with E-state index in [0.29, 0.717) is 37.6 Å². The van der Waals surface area contributed by atoms with E-state index in [1.54, 1.807) is 17.0 Å². The van der Waals surface area contributed by atoms with E-state index in [4.69, 9.17) is 9.47 Å². The van der Waals surface area contributed by atoms with Crippen LogP contribution in [0.15, 0.2) is 72.8 Å². The van der Waals surface area contributed by atoms with Gasteiger partial charge in [-0.15, -0.1) is 0 Å². The maximum absolute atomic E-state index is 14.0. The molecule has 0 unspecified atom stereocenters. The summed E-state index contributed by atoms with van der Waals surface area (Å²) in [5.74, 6) is 0.718. The minimum Gasteiger partial charge on any atom is -0.490 e. The highest BCUT2D eigenvalue weighted by Gasteiger charge is 2.31. The molecule has 1 N–H and O–H groups in total. The third-order valence-electron chi connectivity index (χ3n) is 7.72. The Morgan fingerprint density at radius 1 is 0.857 bits per heavy atom. The van der Waals surface area contributed by atoms with Crippen LogP contribution in [0, 0.1) is 5.82 Å². The number of nitrogens with one attached hydrogen (secondary N) is 1. The van der Waals surface area contributed by atoms with Gasteiger partial charge < -0.3 is 19.7 Å². The number of halogens is 1. The Balaban J connectivity index is 1.59. The number of benzene rings is 3. The normalized spacial score (nSPS) is 14.2. The van der Waals surface area contributed by atoms with E-state index >= 15 is 0 Å². The fraction of sp³-hybridized carbons (Fsp3) is 0.429. The van der Waals surface area contributed by atoms with Crippen LogP contribution in [0.5, 0.6) is 11.5 Å². The molecule has 0 saturated heterocycles. The van der Waals surface area contributed by atoms with Gasteiger partial charge in [-0.25, -0.2) is 4.39 Å². The van der Waals surface area contributed by atoms with Crippen molar-refractivity contribution >= 4 is 11.8 Å². The summed E-state index contributed by atoms with van der Waals surface area (Å²) in [5, 5.41) is 3.26. The summed E-state index contributed by atoms with van der Waals surface area (Å²) in [6, 6.07) is 21.1. The van der Waals surface area contributed by atoms with Crippen molar-refractivity contribution in [1.29, 1.82) is 0 Å². The standard InChI is InChI=1S/C35H43FN2O4/c1-3-41-32-21-17-27(24-33(32)42-4-2)18-22-34(39)38(25-28-15-19-29(36)20-16-28)31(23-26-11-7-5-8-12-26)35(40)37-30-13-9-6-10-14-30/h5,7-8,11-12,15-17,19-21,24,30-31H,3-4,6,9-10,13-14,18,22-23,25H2,1-2H3,(H,37,40)/t31-/m0/s1. The van der Waals surface area contributed by atoms with Gasteiger partial charge in [0.2, 0.25) is 11.8 Å². The first kappa shape index (κ1) is 31.1. The number of ether oxygens (including phenoxy) is 2. The van der Waals surface area contributed by atoms with Crippen LogP contribution in [-0.4, -0.2) is 42.0 Å². The maximum Gasteiger partial charge on any atom is 0.243 e. The molecule has 1 aliphatic rings. The van der Waals surface area contributed by atoms with Crippen molar-refractivity contribution in [3.8, 4) is 11.5 Å². The average molecular weight is 575 g/mol. The summed E-state index contributed by atoms with van der Waals surface area (Å²) in [6.45, 7) is 5.09. The van der Waals surface area contributed by atoms with Gasteiger partial charge in [0.25, 0.3) is 0 Å². The van der Waals surface area contributed by atoms with Crippen LogP contribution < -0.4 is 14.8 Å². The number of nitrogens with zero attached hydrogens (tertiary/aromatic N) is 1. The van der Waals surface area contributed by atoms with Crippen LogP contribution in [0.3, 0.4) is 0 Å². The number of hydrogen-bond acceptors (Lipinski definition) is 4.